The number of aromatic nitrogens is 1. The Hall–Kier alpha value is -0.370. The third-order valence-electron chi connectivity index (χ3n) is 1.75. The second kappa shape index (κ2) is 4.50. The standard InChI is InChI=1S/C9H15NS/c1-3-4-7-10-8-5-6-9(10)11-2/h5-6,8H,3-4,7H2,1-2H3. The SMILES string of the molecule is CCCCn1cccc1SC. The maximum absolute atomic E-state index is 2.31. The van der Waals surface area contributed by atoms with Crippen LogP contribution < -0.4 is 0 Å². The van der Waals surface area contributed by atoms with Crippen molar-refractivity contribution in [3.05, 3.63) is 18.3 Å². The first-order valence-electron chi connectivity index (χ1n) is 4.07. The van der Waals surface area contributed by atoms with E-state index in [-0.39, 0.29) is 0 Å². The topological polar surface area (TPSA) is 4.93 Å². The van der Waals surface area contributed by atoms with E-state index in [1.54, 1.807) is 0 Å². The number of nitrogens with zero attached hydrogens (tertiary/aromatic N) is 1. The highest BCUT2D eigenvalue weighted by molar-refractivity contribution is 7.98. The van der Waals surface area contributed by atoms with Gasteiger partial charge in [-0.3, -0.25) is 0 Å². The molecule has 0 atom stereocenters. The Kier molecular flexibility index (Phi) is 3.57. The van der Waals surface area contributed by atoms with Gasteiger partial charge in [-0.25, -0.2) is 0 Å². The van der Waals surface area contributed by atoms with Gasteiger partial charge in [-0.2, -0.15) is 0 Å². The van der Waals surface area contributed by atoms with Crippen LogP contribution in [0, 0.1) is 0 Å². The van der Waals surface area contributed by atoms with Gasteiger partial charge in [0.2, 0.25) is 0 Å². The van der Waals surface area contributed by atoms with E-state index in [9.17, 15) is 0 Å². The van der Waals surface area contributed by atoms with Crippen molar-refractivity contribution in [1.82, 2.24) is 4.57 Å². The van der Waals surface area contributed by atoms with Crippen LogP contribution >= 0.6 is 11.8 Å². The average molecular weight is 169 g/mol. The van der Waals surface area contributed by atoms with Gasteiger partial charge < -0.3 is 4.57 Å². The summed E-state index contributed by atoms with van der Waals surface area (Å²) in [5, 5.41) is 1.37. The summed E-state index contributed by atoms with van der Waals surface area (Å²) in [4.78, 5) is 0. The molecule has 1 nitrogen and oxygen atoms in total. The van der Waals surface area contributed by atoms with Crippen molar-refractivity contribution in [2.45, 2.75) is 31.3 Å². The molecule has 0 saturated heterocycles. The zero-order valence-electron chi connectivity index (χ0n) is 7.21. The van der Waals surface area contributed by atoms with Crippen molar-refractivity contribution < 1.29 is 0 Å². The van der Waals surface area contributed by atoms with E-state index in [2.05, 4.69) is 36.1 Å². The highest BCUT2D eigenvalue weighted by Crippen LogP contribution is 2.15. The number of unbranched alkanes of at least 4 members (excludes halogenated alkanes) is 1. The maximum Gasteiger partial charge on any atom is 0.0745 e. The van der Waals surface area contributed by atoms with E-state index in [0.717, 1.165) is 0 Å². The number of aryl methyl sites for hydroxylation is 1. The van der Waals surface area contributed by atoms with Crippen molar-refractivity contribution in [3.8, 4) is 0 Å². The van der Waals surface area contributed by atoms with Crippen molar-refractivity contribution in [1.29, 1.82) is 0 Å². The summed E-state index contributed by atoms with van der Waals surface area (Å²) in [6, 6.07) is 4.28. The largest absolute Gasteiger partial charge is 0.343 e. The zero-order valence-corrected chi connectivity index (χ0v) is 8.03. The van der Waals surface area contributed by atoms with Crippen LogP contribution in [0.2, 0.25) is 0 Å². The first-order chi connectivity index (χ1) is 5.38. The van der Waals surface area contributed by atoms with Crippen molar-refractivity contribution >= 4 is 11.8 Å². The fourth-order valence-electron chi connectivity index (χ4n) is 1.10. The third-order valence-corrected chi connectivity index (χ3v) is 2.54. The highest BCUT2D eigenvalue weighted by atomic mass is 32.2. The molecule has 0 amide bonds. The molecule has 0 bridgehead atoms. The summed E-state index contributed by atoms with van der Waals surface area (Å²) in [5.41, 5.74) is 0. The molecule has 0 aliphatic heterocycles. The fraction of sp³-hybridized carbons (Fsp3) is 0.556. The first kappa shape index (κ1) is 8.72. The van der Waals surface area contributed by atoms with Crippen molar-refractivity contribution in [2.24, 2.45) is 0 Å². The van der Waals surface area contributed by atoms with Crippen LogP contribution in [-0.4, -0.2) is 10.8 Å². The number of rotatable bonds is 4. The molecule has 1 heterocycles. The molecule has 1 aromatic heterocycles. The van der Waals surface area contributed by atoms with Crippen molar-refractivity contribution in [2.75, 3.05) is 6.26 Å². The molecule has 0 aromatic carbocycles. The predicted molar refractivity (Wildman–Crippen MR) is 51.1 cm³/mol. The average Bonchev–Trinajstić information content (AvgIpc) is 2.47. The quantitative estimate of drug-likeness (QED) is 0.627. The van der Waals surface area contributed by atoms with E-state index in [0.29, 0.717) is 0 Å². The van der Waals surface area contributed by atoms with E-state index in [4.69, 9.17) is 0 Å². The molecule has 0 radical (unpaired) electrons. The van der Waals surface area contributed by atoms with Crippen LogP contribution in [0.5, 0.6) is 0 Å². The van der Waals surface area contributed by atoms with E-state index < -0.39 is 0 Å². The summed E-state index contributed by atoms with van der Waals surface area (Å²) < 4.78 is 2.31. The van der Waals surface area contributed by atoms with Crippen molar-refractivity contribution in [3.63, 3.8) is 0 Å². The van der Waals surface area contributed by atoms with Crippen LogP contribution in [0.1, 0.15) is 19.8 Å². The van der Waals surface area contributed by atoms with E-state index in [1.165, 1.54) is 24.4 Å². The number of thioether (sulfide) groups is 1. The Morgan fingerprint density at radius 1 is 1.55 bits per heavy atom. The predicted octanol–water partition coefficient (Wildman–Crippen LogP) is 3.01. The summed E-state index contributed by atoms with van der Waals surface area (Å²) >= 11 is 1.82. The monoisotopic (exact) mass is 169 g/mol. The fourth-order valence-corrected chi connectivity index (χ4v) is 1.70. The van der Waals surface area contributed by atoms with Crippen LogP contribution in [0.4, 0.5) is 0 Å². The molecule has 1 rings (SSSR count). The molecule has 0 unspecified atom stereocenters. The number of hydrogen-bond acceptors (Lipinski definition) is 1. The summed E-state index contributed by atoms with van der Waals surface area (Å²) in [5.74, 6) is 0. The minimum Gasteiger partial charge on any atom is -0.343 e. The first-order valence-corrected chi connectivity index (χ1v) is 5.30. The third kappa shape index (κ3) is 2.29. The number of hydrogen-bond donors (Lipinski definition) is 0. The Morgan fingerprint density at radius 2 is 2.36 bits per heavy atom. The molecule has 0 aliphatic carbocycles. The Morgan fingerprint density at radius 3 is 3.00 bits per heavy atom. The zero-order chi connectivity index (χ0) is 8.10. The van der Waals surface area contributed by atoms with Crippen LogP contribution in [-0.2, 0) is 6.54 Å². The molecule has 0 saturated carbocycles. The summed E-state index contributed by atoms with van der Waals surface area (Å²) in [6.45, 7) is 3.39. The van der Waals surface area contributed by atoms with Crippen LogP contribution in [0.25, 0.3) is 0 Å². The maximum atomic E-state index is 2.31. The molecular weight excluding hydrogens is 154 g/mol. The van der Waals surface area contributed by atoms with E-state index >= 15 is 0 Å². The molecule has 0 fully saturated rings. The van der Waals surface area contributed by atoms with Crippen LogP contribution in [0.15, 0.2) is 23.4 Å². The van der Waals surface area contributed by atoms with Gasteiger partial charge in [0.1, 0.15) is 0 Å². The van der Waals surface area contributed by atoms with Gasteiger partial charge in [-0.15, -0.1) is 11.8 Å². The van der Waals surface area contributed by atoms with E-state index in [1.807, 2.05) is 11.8 Å². The van der Waals surface area contributed by atoms with Gasteiger partial charge in [0.15, 0.2) is 0 Å². The summed E-state index contributed by atoms with van der Waals surface area (Å²) in [7, 11) is 0. The smallest absolute Gasteiger partial charge is 0.0745 e. The van der Waals surface area contributed by atoms with Gasteiger partial charge >= 0.3 is 0 Å². The normalized spacial score (nSPS) is 10.4. The molecule has 0 spiro atoms. The van der Waals surface area contributed by atoms with Crippen LogP contribution in [0.3, 0.4) is 0 Å². The Balaban J connectivity index is 2.54. The second-order valence-corrected chi connectivity index (χ2v) is 3.42. The summed E-state index contributed by atoms with van der Waals surface area (Å²) in [6.07, 6.45) is 6.83. The molecular formula is C9H15NS. The lowest BCUT2D eigenvalue weighted by Crippen LogP contribution is -1.96. The molecule has 2 heteroatoms. The second-order valence-electron chi connectivity index (χ2n) is 2.60. The van der Waals surface area contributed by atoms with Gasteiger partial charge in [-0.05, 0) is 24.8 Å². The highest BCUT2D eigenvalue weighted by Gasteiger charge is 1.96. The van der Waals surface area contributed by atoms with Gasteiger partial charge in [0.25, 0.3) is 0 Å². The minimum atomic E-state index is 1.17. The Labute approximate surface area is 72.8 Å². The molecule has 0 aliphatic rings. The Bertz CT molecular complexity index is 205. The molecule has 62 valence electrons. The molecule has 11 heavy (non-hydrogen) atoms. The molecule has 0 N–H and O–H groups in total. The molecule has 1 aromatic rings. The minimum absolute atomic E-state index is 1.17. The van der Waals surface area contributed by atoms with Gasteiger partial charge in [0, 0.05) is 12.7 Å². The lowest BCUT2D eigenvalue weighted by Gasteiger charge is -2.04. The van der Waals surface area contributed by atoms with Gasteiger partial charge in [0.05, 0.1) is 5.03 Å². The lowest BCUT2D eigenvalue weighted by atomic mass is 10.3. The lowest BCUT2D eigenvalue weighted by molar-refractivity contribution is 0.599. The van der Waals surface area contributed by atoms with Gasteiger partial charge in [-0.1, -0.05) is 13.3 Å².